The molecule has 2 aromatic heterocycles. The van der Waals surface area contributed by atoms with Gasteiger partial charge in [0.1, 0.15) is 4.83 Å². The van der Waals surface area contributed by atoms with E-state index in [1.807, 2.05) is 24.0 Å². The van der Waals surface area contributed by atoms with E-state index in [-0.39, 0.29) is 5.69 Å². The van der Waals surface area contributed by atoms with Crippen molar-refractivity contribution < 1.29 is 18.0 Å². The van der Waals surface area contributed by atoms with Gasteiger partial charge in [0, 0.05) is 23.5 Å². The fourth-order valence-electron chi connectivity index (χ4n) is 4.32. The summed E-state index contributed by atoms with van der Waals surface area (Å²) < 4.78 is 42.0. The zero-order valence-electron chi connectivity index (χ0n) is 18.8. The van der Waals surface area contributed by atoms with Crippen LogP contribution >= 0.6 is 22.9 Å². The van der Waals surface area contributed by atoms with Crippen molar-refractivity contribution in [1.29, 1.82) is 0 Å². The van der Waals surface area contributed by atoms with Crippen LogP contribution in [0.5, 0.6) is 0 Å². The van der Waals surface area contributed by atoms with Gasteiger partial charge in [0.25, 0.3) is 5.91 Å². The summed E-state index contributed by atoms with van der Waals surface area (Å²) in [6.45, 7) is 3.34. The van der Waals surface area contributed by atoms with Crippen LogP contribution in [0, 0.1) is 6.92 Å². The van der Waals surface area contributed by atoms with Crippen LogP contribution in [0.15, 0.2) is 48.5 Å². The molecule has 10 heteroatoms. The maximum atomic E-state index is 13.4. The Morgan fingerprint density at radius 2 is 1.77 bits per heavy atom. The lowest BCUT2D eigenvalue weighted by atomic mass is 10.1. The van der Waals surface area contributed by atoms with Gasteiger partial charge in [-0.2, -0.15) is 18.3 Å². The molecule has 0 aliphatic carbocycles. The number of carbonyl (C=O) groups excluding carboxylic acids is 1. The van der Waals surface area contributed by atoms with Crippen molar-refractivity contribution in [2.75, 3.05) is 23.3 Å². The standard InChI is InChI=1S/C25H22ClF3N4OS/c1-15-19-14-22(35-24(19)33(31-15)18-8-6-17(26)7-9-18)23(34)30-20-13-16(25(27,28)29)5-10-21(20)32-11-3-2-4-12-32/h5-10,13-14H,2-4,11-12H2,1H3,(H,30,34). The van der Waals surface area contributed by atoms with E-state index >= 15 is 0 Å². The lowest BCUT2D eigenvalue weighted by Crippen LogP contribution is -2.30. The first-order chi connectivity index (χ1) is 16.7. The van der Waals surface area contributed by atoms with Crippen LogP contribution in [0.4, 0.5) is 24.5 Å². The predicted octanol–water partition coefficient (Wildman–Crippen LogP) is 7.31. The quantitative estimate of drug-likeness (QED) is 0.308. The van der Waals surface area contributed by atoms with Crippen LogP contribution in [0.25, 0.3) is 15.9 Å². The molecule has 5 nitrogen and oxygen atoms in total. The van der Waals surface area contributed by atoms with Gasteiger partial charge in [-0.05, 0) is 74.7 Å². The zero-order valence-corrected chi connectivity index (χ0v) is 20.4. The summed E-state index contributed by atoms with van der Waals surface area (Å²) in [5.41, 5.74) is 1.53. The minimum atomic E-state index is -4.50. The van der Waals surface area contributed by atoms with E-state index in [9.17, 15) is 18.0 Å². The van der Waals surface area contributed by atoms with E-state index in [0.717, 1.165) is 66.1 Å². The monoisotopic (exact) mass is 518 g/mol. The Bertz CT molecular complexity index is 1390. The fourth-order valence-corrected chi connectivity index (χ4v) is 5.53. The molecule has 1 aliphatic rings. The molecule has 0 spiro atoms. The number of nitrogens with one attached hydrogen (secondary N) is 1. The molecule has 1 saturated heterocycles. The Kier molecular flexibility index (Phi) is 6.23. The van der Waals surface area contributed by atoms with Gasteiger partial charge >= 0.3 is 6.18 Å². The molecule has 0 atom stereocenters. The number of hydrogen-bond donors (Lipinski definition) is 1. The minimum Gasteiger partial charge on any atom is -0.370 e. The second-order valence-corrected chi connectivity index (χ2v) is 10.0. The molecule has 1 fully saturated rings. The summed E-state index contributed by atoms with van der Waals surface area (Å²) in [6, 6.07) is 12.5. The molecule has 5 rings (SSSR count). The highest BCUT2D eigenvalue weighted by Gasteiger charge is 2.32. The average molecular weight is 519 g/mol. The van der Waals surface area contributed by atoms with Gasteiger partial charge in [-0.15, -0.1) is 11.3 Å². The minimum absolute atomic E-state index is 0.167. The Labute approximate surface area is 209 Å². The molecule has 0 radical (unpaired) electrons. The van der Waals surface area contributed by atoms with Crippen molar-refractivity contribution in [3.05, 3.63) is 69.7 Å². The van der Waals surface area contributed by atoms with Crippen molar-refractivity contribution in [2.45, 2.75) is 32.4 Å². The van der Waals surface area contributed by atoms with E-state index in [1.165, 1.54) is 17.4 Å². The van der Waals surface area contributed by atoms with Crippen molar-refractivity contribution in [1.82, 2.24) is 9.78 Å². The molecule has 35 heavy (non-hydrogen) atoms. The van der Waals surface area contributed by atoms with Crippen LogP contribution in [0.1, 0.15) is 40.2 Å². The van der Waals surface area contributed by atoms with Crippen LogP contribution in [-0.4, -0.2) is 28.8 Å². The first-order valence-corrected chi connectivity index (χ1v) is 12.4. The Morgan fingerprint density at radius 1 is 1.06 bits per heavy atom. The lowest BCUT2D eigenvalue weighted by molar-refractivity contribution is -0.137. The molecule has 4 aromatic rings. The van der Waals surface area contributed by atoms with Crippen molar-refractivity contribution in [3.63, 3.8) is 0 Å². The van der Waals surface area contributed by atoms with Gasteiger partial charge in [0.15, 0.2) is 0 Å². The summed E-state index contributed by atoms with van der Waals surface area (Å²) >= 11 is 7.24. The summed E-state index contributed by atoms with van der Waals surface area (Å²) in [5, 5.41) is 8.74. The number of thiophene rings is 1. The van der Waals surface area contributed by atoms with E-state index in [1.54, 1.807) is 22.9 Å². The first-order valence-electron chi connectivity index (χ1n) is 11.2. The van der Waals surface area contributed by atoms with Gasteiger partial charge in [-0.1, -0.05) is 11.6 Å². The second-order valence-electron chi connectivity index (χ2n) is 8.53. The predicted molar refractivity (Wildman–Crippen MR) is 134 cm³/mol. The van der Waals surface area contributed by atoms with Gasteiger partial charge in [0.05, 0.1) is 33.2 Å². The summed E-state index contributed by atoms with van der Waals surface area (Å²) in [7, 11) is 0. The molecule has 0 bridgehead atoms. The van der Waals surface area contributed by atoms with Crippen LogP contribution < -0.4 is 10.2 Å². The van der Waals surface area contributed by atoms with Gasteiger partial charge < -0.3 is 10.2 Å². The molecule has 3 heterocycles. The number of anilines is 2. The van der Waals surface area contributed by atoms with Crippen molar-refractivity contribution in [3.8, 4) is 5.69 Å². The summed E-state index contributed by atoms with van der Waals surface area (Å²) in [6.07, 6.45) is -1.49. The van der Waals surface area contributed by atoms with Crippen LogP contribution in [0.3, 0.4) is 0 Å². The lowest BCUT2D eigenvalue weighted by Gasteiger charge is -2.31. The second kappa shape index (κ2) is 9.20. The number of fused-ring (bicyclic) bond motifs is 1. The third kappa shape index (κ3) is 4.75. The molecule has 1 N–H and O–H groups in total. The normalized spacial score (nSPS) is 14.5. The first kappa shape index (κ1) is 23.7. The molecule has 0 saturated carbocycles. The van der Waals surface area contributed by atoms with Crippen molar-refractivity contribution in [2.24, 2.45) is 0 Å². The number of nitrogens with zero attached hydrogens (tertiary/aromatic N) is 3. The van der Waals surface area contributed by atoms with E-state index < -0.39 is 17.6 Å². The summed E-state index contributed by atoms with van der Waals surface area (Å²) in [4.78, 5) is 16.4. The largest absolute Gasteiger partial charge is 0.416 e. The highest BCUT2D eigenvalue weighted by atomic mass is 35.5. The molecule has 1 amide bonds. The summed E-state index contributed by atoms with van der Waals surface area (Å²) in [5.74, 6) is -0.453. The third-order valence-electron chi connectivity index (χ3n) is 6.11. The average Bonchev–Trinajstić information content (AvgIpc) is 3.40. The fraction of sp³-hybridized carbons (Fsp3) is 0.280. The van der Waals surface area contributed by atoms with Gasteiger partial charge in [-0.3, -0.25) is 4.79 Å². The highest BCUT2D eigenvalue weighted by Crippen LogP contribution is 2.37. The van der Waals surface area contributed by atoms with Gasteiger partial charge in [-0.25, -0.2) is 4.68 Å². The van der Waals surface area contributed by atoms with E-state index in [4.69, 9.17) is 11.6 Å². The molecule has 0 unspecified atom stereocenters. The number of aryl methyl sites for hydroxylation is 1. The highest BCUT2D eigenvalue weighted by molar-refractivity contribution is 7.20. The topological polar surface area (TPSA) is 50.2 Å². The van der Waals surface area contributed by atoms with Gasteiger partial charge in [0.2, 0.25) is 0 Å². The molecular formula is C25H22ClF3N4OS. The number of halogens is 4. The number of carbonyl (C=O) groups is 1. The number of benzene rings is 2. The number of alkyl halides is 3. The molecular weight excluding hydrogens is 497 g/mol. The number of rotatable bonds is 4. The Balaban J connectivity index is 1.49. The SMILES string of the molecule is Cc1nn(-c2ccc(Cl)cc2)c2sc(C(=O)Nc3cc(C(F)(F)F)ccc3N3CCCCC3)cc12. The third-order valence-corrected chi connectivity index (χ3v) is 7.47. The number of amides is 1. The van der Waals surface area contributed by atoms with E-state index in [0.29, 0.717) is 15.6 Å². The molecule has 1 aliphatic heterocycles. The maximum Gasteiger partial charge on any atom is 0.416 e. The number of piperidine rings is 1. The number of hydrogen-bond acceptors (Lipinski definition) is 4. The number of aromatic nitrogens is 2. The smallest absolute Gasteiger partial charge is 0.370 e. The molecule has 182 valence electrons. The maximum absolute atomic E-state index is 13.4. The molecule has 2 aromatic carbocycles. The van der Waals surface area contributed by atoms with Crippen molar-refractivity contribution >= 4 is 50.4 Å². The Morgan fingerprint density at radius 3 is 2.46 bits per heavy atom. The Hall–Kier alpha value is -3.04. The van der Waals surface area contributed by atoms with Crippen LogP contribution in [0.2, 0.25) is 5.02 Å². The van der Waals surface area contributed by atoms with Crippen LogP contribution in [-0.2, 0) is 6.18 Å². The van der Waals surface area contributed by atoms with E-state index in [2.05, 4.69) is 10.4 Å². The zero-order chi connectivity index (χ0) is 24.7.